The molecule has 0 saturated heterocycles. The number of hydrogen-bond donors (Lipinski definition) is 2. The largest absolute Gasteiger partial charge is 0.390 e. The van der Waals surface area contributed by atoms with Crippen LogP contribution < -0.4 is 5.32 Å². The Hall–Kier alpha value is -2.14. The molecule has 0 aliphatic heterocycles. The molecule has 2 unspecified atom stereocenters. The van der Waals surface area contributed by atoms with Crippen molar-refractivity contribution in [2.45, 2.75) is 32.3 Å². The van der Waals surface area contributed by atoms with Crippen molar-refractivity contribution in [2.24, 2.45) is 17.8 Å². The van der Waals surface area contributed by atoms with Gasteiger partial charge >= 0.3 is 0 Å². The highest BCUT2D eigenvalue weighted by atomic mass is 16.3. The van der Waals surface area contributed by atoms with Gasteiger partial charge in [0, 0.05) is 12.7 Å². The van der Waals surface area contributed by atoms with Crippen molar-refractivity contribution >= 4 is 11.4 Å². The van der Waals surface area contributed by atoms with Crippen molar-refractivity contribution in [3.8, 4) is 0 Å². The summed E-state index contributed by atoms with van der Waals surface area (Å²) in [6, 6.07) is 5.40. The van der Waals surface area contributed by atoms with Crippen LogP contribution in [0.4, 0.5) is 0 Å². The van der Waals surface area contributed by atoms with E-state index in [1.54, 1.807) is 22.4 Å². The molecule has 2 N–H and O–H groups in total. The van der Waals surface area contributed by atoms with Gasteiger partial charge in [-0.3, -0.25) is 4.79 Å². The number of amides is 1. The molecular formula is C19H21N3O2. The van der Waals surface area contributed by atoms with Gasteiger partial charge in [-0.25, -0.2) is 4.52 Å². The van der Waals surface area contributed by atoms with Gasteiger partial charge < -0.3 is 10.4 Å². The van der Waals surface area contributed by atoms with Gasteiger partial charge in [0.15, 0.2) is 0 Å². The number of aliphatic hydroxyl groups is 1. The Balaban J connectivity index is 1.37. The van der Waals surface area contributed by atoms with E-state index < -0.39 is 0 Å². The topological polar surface area (TPSA) is 66.6 Å². The standard InChI is InChI=1S/C19H21N3O2/c23-10-15-8-17-16(2-1-3-22(17)21-15)19(24)20-9-14-6-11-4-12-7-13(5-11)18(12)14/h1-3,8,11-13,23H,4-7,9-10H2,(H,20,24). The molecule has 1 amide bonds. The van der Waals surface area contributed by atoms with Gasteiger partial charge in [0.1, 0.15) is 0 Å². The first-order chi connectivity index (χ1) is 11.7. The van der Waals surface area contributed by atoms with Crippen LogP contribution in [0.3, 0.4) is 0 Å². The molecule has 2 aromatic heterocycles. The zero-order chi connectivity index (χ0) is 16.3. The van der Waals surface area contributed by atoms with Gasteiger partial charge in [0.2, 0.25) is 0 Å². The summed E-state index contributed by atoms with van der Waals surface area (Å²) >= 11 is 0. The molecule has 3 saturated carbocycles. The molecule has 5 aliphatic rings. The van der Waals surface area contributed by atoms with Gasteiger partial charge in [-0.2, -0.15) is 5.10 Å². The van der Waals surface area contributed by atoms with E-state index in [4.69, 9.17) is 0 Å². The predicted molar refractivity (Wildman–Crippen MR) is 89.4 cm³/mol. The summed E-state index contributed by atoms with van der Waals surface area (Å²) in [4.78, 5) is 12.7. The summed E-state index contributed by atoms with van der Waals surface area (Å²) in [5.74, 6) is 2.43. The van der Waals surface area contributed by atoms with Crippen LogP contribution >= 0.6 is 0 Å². The molecule has 5 aliphatic carbocycles. The molecule has 24 heavy (non-hydrogen) atoms. The lowest BCUT2D eigenvalue weighted by molar-refractivity contribution is 0.0947. The maximum Gasteiger partial charge on any atom is 0.253 e. The number of hydrogen-bond acceptors (Lipinski definition) is 3. The van der Waals surface area contributed by atoms with E-state index in [-0.39, 0.29) is 12.5 Å². The third-order valence-corrected chi connectivity index (χ3v) is 6.05. The average molecular weight is 323 g/mol. The summed E-state index contributed by atoms with van der Waals surface area (Å²) in [7, 11) is 0. The number of allylic oxidation sites excluding steroid dienone is 1. The summed E-state index contributed by atoms with van der Waals surface area (Å²) < 4.78 is 1.65. The Kier molecular flexibility index (Phi) is 3.07. The number of nitrogens with zero attached hydrogens (tertiary/aromatic N) is 2. The number of nitrogens with one attached hydrogen (secondary N) is 1. The molecule has 2 atom stereocenters. The Bertz CT molecular complexity index is 853. The molecule has 0 aromatic carbocycles. The van der Waals surface area contributed by atoms with Crippen LogP contribution in [-0.4, -0.2) is 27.2 Å². The van der Waals surface area contributed by atoms with Crippen molar-refractivity contribution in [3.63, 3.8) is 0 Å². The van der Waals surface area contributed by atoms with E-state index in [1.807, 2.05) is 12.1 Å². The highest BCUT2D eigenvalue weighted by Crippen LogP contribution is 2.59. The summed E-state index contributed by atoms with van der Waals surface area (Å²) in [5, 5.41) is 16.6. The van der Waals surface area contributed by atoms with Crippen LogP contribution in [0.5, 0.6) is 0 Å². The fraction of sp³-hybridized carbons (Fsp3) is 0.474. The fourth-order valence-electron chi connectivity index (χ4n) is 5.12. The zero-order valence-corrected chi connectivity index (χ0v) is 13.5. The maximum absolute atomic E-state index is 12.7. The number of aromatic nitrogens is 2. The van der Waals surface area contributed by atoms with E-state index >= 15 is 0 Å². The highest BCUT2D eigenvalue weighted by molar-refractivity contribution is 6.00. The molecule has 3 fully saturated rings. The number of rotatable bonds is 4. The average Bonchev–Trinajstić information content (AvgIpc) is 3.02. The molecule has 4 bridgehead atoms. The molecule has 7 rings (SSSR count). The zero-order valence-electron chi connectivity index (χ0n) is 13.5. The van der Waals surface area contributed by atoms with E-state index in [0.29, 0.717) is 17.8 Å². The van der Waals surface area contributed by atoms with Crippen molar-refractivity contribution in [1.82, 2.24) is 14.9 Å². The van der Waals surface area contributed by atoms with Crippen LogP contribution in [0.2, 0.25) is 0 Å². The minimum absolute atomic E-state index is 0.0618. The molecule has 2 aromatic rings. The maximum atomic E-state index is 12.7. The highest BCUT2D eigenvalue weighted by Gasteiger charge is 2.47. The lowest BCUT2D eigenvalue weighted by Gasteiger charge is -2.54. The first-order valence-electron chi connectivity index (χ1n) is 8.81. The second-order valence-electron chi connectivity index (χ2n) is 7.46. The Labute approximate surface area is 140 Å². The van der Waals surface area contributed by atoms with Gasteiger partial charge in [0.25, 0.3) is 5.91 Å². The number of carbonyl (C=O) groups excluding carboxylic acids is 1. The molecule has 2 heterocycles. The number of carbonyl (C=O) groups is 1. The van der Waals surface area contributed by atoms with Crippen molar-refractivity contribution in [2.75, 3.05) is 6.54 Å². The molecule has 124 valence electrons. The molecule has 0 spiro atoms. The van der Waals surface area contributed by atoms with E-state index in [0.717, 1.165) is 23.3 Å². The predicted octanol–water partition coefficient (Wildman–Crippen LogP) is 2.30. The quantitative estimate of drug-likeness (QED) is 0.849. The molecule has 5 nitrogen and oxygen atoms in total. The first kappa shape index (κ1) is 14.2. The van der Waals surface area contributed by atoms with Gasteiger partial charge in [-0.15, -0.1) is 0 Å². The minimum Gasteiger partial charge on any atom is -0.390 e. The molecular weight excluding hydrogens is 302 g/mol. The lowest BCUT2D eigenvalue weighted by Crippen LogP contribution is -2.44. The second-order valence-corrected chi connectivity index (χ2v) is 7.46. The van der Waals surface area contributed by atoms with E-state index in [2.05, 4.69) is 10.4 Å². The van der Waals surface area contributed by atoms with Gasteiger partial charge in [0.05, 0.1) is 23.4 Å². The monoisotopic (exact) mass is 323 g/mol. The van der Waals surface area contributed by atoms with Crippen LogP contribution in [-0.2, 0) is 6.61 Å². The third kappa shape index (κ3) is 2.04. The van der Waals surface area contributed by atoms with E-state index in [1.165, 1.54) is 31.3 Å². The third-order valence-electron chi connectivity index (χ3n) is 6.05. The van der Waals surface area contributed by atoms with Gasteiger partial charge in [-0.05, 0) is 61.6 Å². The van der Waals surface area contributed by atoms with Crippen molar-refractivity contribution in [1.29, 1.82) is 0 Å². The van der Waals surface area contributed by atoms with Gasteiger partial charge in [-0.1, -0.05) is 11.1 Å². The van der Waals surface area contributed by atoms with Crippen LogP contribution in [0.1, 0.15) is 41.7 Å². The van der Waals surface area contributed by atoms with Crippen LogP contribution in [0.15, 0.2) is 35.5 Å². The SMILES string of the molecule is O=C(NCC1=C2C3CC(C1)CC2C3)c1cccn2nc(CO)cc12. The Morgan fingerprint density at radius 2 is 2.17 bits per heavy atom. The smallest absolute Gasteiger partial charge is 0.253 e. The Morgan fingerprint density at radius 3 is 2.92 bits per heavy atom. The molecule has 0 radical (unpaired) electrons. The normalized spacial score (nSPS) is 27.5. The second kappa shape index (κ2) is 5.18. The number of aliphatic hydroxyl groups excluding tert-OH is 1. The number of fused-ring (bicyclic) bond motifs is 2. The Morgan fingerprint density at radius 1 is 1.33 bits per heavy atom. The van der Waals surface area contributed by atoms with Crippen LogP contribution in [0, 0.1) is 17.8 Å². The number of pyridine rings is 1. The minimum atomic E-state index is -0.122. The lowest BCUT2D eigenvalue weighted by atomic mass is 9.51. The molecule has 5 heteroatoms. The fourth-order valence-corrected chi connectivity index (χ4v) is 5.12. The summed E-state index contributed by atoms with van der Waals surface area (Å²) in [6.07, 6.45) is 7.10. The van der Waals surface area contributed by atoms with Crippen molar-refractivity contribution in [3.05, 3.63) is 46.8 Å². The van der Waals surface area contributed by atoms with Crippen LogP contribution in [0.25, 0.3) is 5.52 Å². The summed E-state index contributed by atoms with van der Waals surface area (Å²) in [5.41, 5.74) is 5.09. The van der Waals surface area contributed by atoms with Crippen molar-refractivity contribution < 1.29 is 9.90 Å². The summed E-state index contributed by atoms with van der Waals surface area (Å²) in [6.45, 7) is 0.558. The van der Waals surface area contributed by atoms with E-state index in [9.17, 15) is 9.90 Å². The first-order valence-corrected chi connectivity index (χ1v) is 8.81.